The van der Waals surface area contributed by atoms with Gasteiger partial charge in [-0.05, 0) is 22.3 Å². The lowest BCUT2D eigenvalue weighted by Crippen LogP contribution is -2.71. The number of hydrogen-bond donors (Lipinski definition) is 10. The number of ether oxygens (including phenoxy) is 4. The van der Waals surface area contributed by atoms with Crippen LogP contribution in [0.5, 0.6) is 0 Å². The monoisotopic (exact) mass is 760 g/mol. The maximum Gasteiger partial charge on any atom is 0.407 e. The van der Waals surface area contributed by atoms with Gasteiger partial charge in [0.05, 0.1) is 19.6 Å². The van der Waals surface area contributed by atoms with Gasteiger partial charge in [0, 0.05) is 19.8 Å². The highest BCUT2D eigenvalue weighted by atomic mass is 16.7. The zero-order valence-electron chi connectivity index (χ0n) is 29.2. The van der Waals surface area contributed by atoms with Crippen molar-refractivity contribution < 1.29 is 73.6 Å². The van der Waals surface area contributed by atoms with Crippen LogP contribution in [0, 0.1) is 0 Å². The number of nitrogens with one attached hydrogen (secondary N) is 4. The fraction of sp³-hybridized carbons (Fsp3) is 0.514. The quantitative estimate of drug-likeness (QED) is 0.100. The predicted molar refractivity (Wildman–Crippen MR) is 182 cm³/mol. The average molecular weight is 761 g/mol. The summed E-state index contributed by atoms with van der Waals surface area (Å²) in [5.74, 6) is -4.24. The van der Waals surface area contributed by atoms with Crippen LogP contribution in [0.2, 0.25) is 0 Å². The molecule has 19 heteroatoms. The lowest BCUT2D eigenvalue weighted by atomic mass is 9.94. The summed E-state index contributed by atoms with van der Waals surface area (Å²) in [7, 11) is 0. The van der Waals surface area contributed by atoms with Gasteiger partial charge in [0.1, 0.15) is 61.4 Å². The number of aliphatic hydroxyl groups excluding tert-OH is 5. The van der Waals surface area contributed by atoms with E-state index in [2.05, 4.69) is 21.3 Å². The zero-order valence-corrected chi connectivity index (χ0v) is 29.2. The number of hydrogen-bond acceptors (Lipinski definition) is 14. The van der Waals surface area contributed by atoms with E-state index in [1.54, 1.807) is 0 Å². The molecule has 0 aromatic heterocycles. The fourth-order valence-electron chi connectivity index (χ4n) is 6.92. The molecule has 2 fully saturated rings. The van der Waals surface area contributed by atoms with E-state index in [0.29, 0.717) is 0 Å². The average Bonchev–Trinajstić information content (AvgIpc) is 3.45. The van der Waals surface area contributed by atoms with Gasteiger partial charge < -0.3 is 70.9 Å². The van der Waals surface area contributed by atoms with Crippen molar-refractivity contribution in [2.75, 3.05) is 19.8 Å². The SMILES string of the molecule is CC(=O)N[C@@H]1[C@@H](O)[C@H](O[C@@H]2O[C@H](CO)[C@@H](O)[C@H](O)[C@H]2NC(C)=O)[C@@H](CO)O[C@H]1NC(=O)C[C@H](NC(=O)OCC1c2ccccc2-c2ccccc21)C(=O)O. The van der Waals surface area contributed by atoms with Gasteiger partial charge in [-0.3, -0.25) is 14.4 Å². The highest BCUT2D eigenvalue weighted by molar-refractivity contribution is 5.87. The number of amides is 4. The molecule has 11 atom stereocenters. The Balaban J connectivity index is 1.24. The maximum atomic E-state index is 13.2. The lowest BCUT2D eigenvalue weighted by molar-refractivity contribution is -0.315. The Morgan fingerprint density at radius 1 is 0.759 bits per heavy atom. The third-order valence-corrected chi connectivity index (χ3v) is 9.44. The highest BCUT2D eigenvalue weighted by Crippen LogP contribution is 2.44. The molecule has 2 saturated heterocycles. The van der Waals surface area contributed by atoms with Crippen molar-refractivity contribution >= 4 is 29.8 Å². The number of carboxylic acids is 1. The van der Waals surface area contributed by atoms with Gasteiger partial charge in [-0.25, -0.2) is 9.59 Å². The van der Waals surface area contributed by atoms with Gasteiger partial charge in [-0.15, -0.1) is 0 Å². The van der Waals surface area contributed by atoms with E-state index in [0.717, 1.165) is 36.1 Å². The second-order valence-electron chi connectivity index (χ2n) is 13.2. The topological polar surface area (TPSA) is 292 Å². The molecule has 5 rings (SSSR count). The number of alkyl carbamates (subject to hydrolysis) is 1. The molecule has 2 heterocycles. The molecule has 4 amide bonds. The summed E-state index contributed by atoms with van der Waals surface area (Å²) < 4.78 is 22.6. The summed E-state index contributed by atoms with van der Waals surface area (Å²) >= 11 is 0. The van der Waals surface area contributed by atoms with Crippen LogP contribution in [0.4, 0.5) is 4.79 Å². The molecule has 2 aromatic rings. The third-order valence-electron chi connectivity index (χ3n) is 9.44. The first-order valence-electron chi connectivity index (χ1n) is 17.1. The van der Waals surface area contributed by atoms with E-state index >= 15 is 0 Å². The number of carbonyl (C=O) groups excluding carboxylic acids is 4. The number of carbonyl (C=O) groups is 5. The molecule has 19 nitrogen and oxygen atoms in total. The Morgan fingerprint density at radius 3 is 1.89 bits per heavy atom. The zero-order chi connectivity index (χ0) is 39.3. The van der Waals surface area contributed by atoms with Gasteiger partial charge in [-0.1, -0.05) is 48.5 Å². The van der Waals surface area contributed by atoms with Crippen LogP contribution in [0.15, 0.2) is 48.5 Å². The van der Waals surface area contributed by atoms with Crippen LogP contribution in [-0.2, 0) is 38.1 Å². The number of aliphatic carboxylic acids is 1. The Labute approximate surface area is 308 Å². The van der Waals surface area contributed by atoms with Crippen molar-refractivity contribution in [2.45, 2.75) is 93.5 Å². The number of aliphatic hydroxyl groups is 5. The summed E-state index contributed by atoms with van der Waals surface area (Å²) in [6, 6.07) is 10.5. The third kappa shape index (κ3) is 8.96. The fourth-order valence-corrected chi connectivity index (χ4v) is 6.92. The summed E-state index contributed by atoms with van der Waals surface area (Å²) in [6.45, 7) is 0.473. The van der Waals surface area contributed by atoms with Crippen LogP contribution in [0.3, 0.4) is 0 Å². The Bertz CT molecular complexity index is 1650. The van der Waals surface area contributed by atoms with Gasteiger partial charge in [-0.2, -0.15) is 0 Å². The highest BCUT2D eigenvalue weighted by Gasteiger charge is 2.52. The van der Waals surface area contributed by atoms with Crippen molar-refractivity contribution in [3.05, 3.63) is 59.7 Å². The smallest absolute Gasteiger partial charge is 0.407 e. The normalized spacial score (nSPS) is 29.5. The molecule has 0 radical (unpaired) electrons. The molecule has 0 saturated carbocycles. The molecular weight excluding hydrogens is 716 g/mol. The molecule has 2 aromatic carbocycles. The molecule has 0 bridgehead atoms. The number of rotatable bonds is 13. The number of fused-ring (bicyclic) bond motifs is 3. The summed E-state index contributed by atoms with van der Waals surface area (Å²) in [6.07, 6.45) is -14.7. The van der Waals surface area contributed by atoms with Crippen molar-refractivity contribution in [3.63, 3.8) is 0 Å². The van der Waals surface area contributed by atoms with Gasteiger partial charge in [0.2, 0.25) is 17.7 Å². The van der Waals surface area contributed by atoms with Crippen molar-refractivity contribution in [1.82, 2.24) is 21.3 Å². The Hall–Kier alpha value is -4.73. The lowest BCUT2D eigenvalue weighted by Gasteiger charge is -2.48. The molecule has 0 spiro atoms. The second kappa shape index (κ2) is 17.6. The van der Waals surface area contributed by atoms with E-state index in [1.807, 2.05) is 48.5 Å². The van der Waals surface area contributed by atoms with E-state index in [-0.39, 0.29) is 12.5 Å². The standard InChI is InChI=1S/C35H44N4O15/c1-15(42)36-26-30(47)31(54-34-27(37-16(2)43)29(46)28(45)23(12-40)53-34)24(13-41)52-32(26)39-25(44)11-22(33(48)49)38-35(50)51-14-21-19-9-5-3-7-17(19)18-8-4-6-10-20(18)21/h3-10,21-24,26-32,34,40-41,45-47H,11-14H2,1-2H3,(H,36,42)(H,37,43)(H,38,50)(H,39,44)(H,48,49)/t22-,23+,24+,26+,27+,28+,29+,30+,31+,32+,34-/m0/s1. The van der Waals surface area contributed by atoms with Gasteiger partial charge in [0.25, 0.3) is 0 Å². The molecule has 3 aliphatic rings. The van der Waals surface area contributed by atoms with Crippen LogP contribution in [-0.4, -0.2) is 148 Å². The van der Waals surface area contributed by atoms with Crippen LogP contribution >= 0.6 is 0 Å². The minimum atomic E-state index is -1.79. The minimum Gasteiger partial charge on any atom is -0.480 e. The van der Waals surface area contributed by atoms with E-state index in [9.17, 15) is 54.6 Å². The molecule has 294 valence electrons. The second-order valence-corrected chi connectivity index (χ2v) is 13.2. The molecular formula is C35H44N4O15. The predicted octanol–water partition coefficient (Wildman–Crippen LogP) is -2.60. The van der Waals surface area contributed by atoms with Gasteiger partial charge >= 0.3 is 12.1 Å². The first kappa shape index (κ1) is 40.5. The summed E-state index contributed by atoms with van der Waals surface area (Å²) in [5.41, 5.74) is 3.84. The Morgan fingerprint density at radius 2 is 1.33 bits per heavy atom. The summed E-state index contributed by atoms with van der Waals surface area (Å²) in [4.78, 5) is 62.2. The molecule has 10 N–H and O–H groups in total. The maximum absolute atomic E-state index is 13.2. The number of carboxylic acid groups (broad SMARTS) is 1. The van der Waals surface area contributed by atoms with E-state index in [4.69, 9.17) is 18.9 Å². The van der Waals surface area contributed by atoms with Crippen molar-refractivity contribution in [2.24, 2.45) is 0 Å². The first-order chi connectivity index (χ1) is 25.7. The minimum absolute atomic E-state index is 0.117. The molecule has 2 aliphatic heterocycles. The van der Waals surface area contributed by atoms with Crippen LogP contribution in [0.25, 0.3) is 11.1 Å². The van der Waals surface area contributed by atoms with Crippen LogP contribution < -0.4 is 21.3 Å². The molecule has 1 aliphatic carbocycles. The van der Waals surface area contributed by atoms with E-state index in [1.165, 1.54) is 0 Å². The largest absolute Gasteiger partial charge is 0.480 e. The Kier molecular flexibility index (Phi) is 13.2. The van der Waals surface area contributed by atoms with Crippen molar-refractivity contribution in [1.29, 1.82) is 0 Å². The van der Waals surface area contributed by atoms with Crippen molar-refractivity contribution in [3.8, 4) is 11.1 Å². The molecule has 0 unspecified atom stereocenters. The first-order valence-corrected chi connectivity index (χ1v) is 17.1. The molecule has 54 heavy (non-hydrogen) atoms. The number of benzene rings is 2. The van der Waals surface area contributed by atoms with Crippen LogP contribution in [0.1, 0.15) is 37.3 Å². The van der Waals surface area contributed by atoms with E-state index < -0.39 is 117 Å². The summed E-state index contributed by atoms with van der Waals surface area (Å²) in [5, 5.41) is 71.4. The van der Waals surface area contributed by atoms with Gasteiger partial charge in [0.15, 0.2) is 12.5 Å².